The van der Waals surface area contributed by atoms with E-state index >= 15 is 0 Å². The number of carbonyl (C=O) groups is 1. The molecule has 0 spiro atoms. The monoisotopic (exact) mass is 180 g/mol. The van der Waals surface area contributed by atoms with E-state index in [-0.39, 0.29) is 5.56 Å². The van der Waals surface area contributed by atoms with Crippen LogP contribution in [0.25, 0.3) is 0 Å². The number of carboxylic acid groups (broad SMARTS) is 1. The number of aromatic carboxylic acids is 1. The van der Waals surface area contributed by atoms with Crippen molar-refractivity contribution in [3.63, 3.8) is 0 Å². The lowest BCUT2D eigenvalue weighted by Crippen LogP contribution is -2.21. The predicted octanol–water partition coefficient (Wildman–Crippen LogP) is 1.27. The van der Waals surface area contributed by atoms with E-state index in [0.717, 1.165) is 0 Å². The minimum absolute atomic E-state index is 0.274. The molecule has 0 saturated heterocycles. The van der Waals surface area contributed by atoms with Crippen LogP contribution in [-0.2, 0) is 0 Å². The Balaban J connectivity index is 2.98. The molecule has 0 amide bonds. The van der Waals surface area contributed by atoms with Gasteiger partial charge in [-0.05, 0) is 12.1 Å². The van der Waals surface area contributed by atoms with E-state index < -0.39 is 5.97 Å². The Morgan fingerprint density at radius 2 is 2.00 bits per heavy atom. The van der Waals surface area contributed by atoms with Crippen LogP contribution in [0, 0.1) is 0 Å². The molecule has 70 valence electrons. The van der Waals surface area contributed by atoms with Crippen LogP contribution in [0.4, 0.5) is 5.69 Å². The minimum Gasteiger partial charge on any atom is -0.478 e. The SMILES string of the molecule is CN(C)Nc1ccccc1C(=O)O. The van der Waals surface area contributed by atoms with Gasteiger partial charge in [0, 0.05) is 14.1 Å². The molecule has 0 unspecified atom stereocenters. The molecule has 0 fully saturated rings. The molecule has 0 aliphatic carbocycles. The third-order valence-corrected chi connectivity index (χ3v) is 1.50. The second kappa shape index (κ2) is 3.91. The average molecular weight is 180 g/mol. The van der Waals surface area contributed by atoms with E-state index in [0.29, 0.717) is 5.69 Å². The Labute approximate surface area is 76.8 Å². The van der Waals surface area contributed by atoms with Gasteiger partial charge in [0.2, 0.25) is 0 Å². The number of hydrogen-bond donors (Lipinski definition) is 2. The number of hydrazine groups is 1. The van der Waals surface area contributed by atoms with E-state index in [9.17, 15) is 4.79 Å². The molecule has 0 aromatic heterocycles. The highest BCUT2D eigenvalue weighted by Gasteiger charge is 2.08. The second-order valence-electron chi connectivity index (χ2n) is 2.86. The van der Waals surface area contributed by atoms with E-state index in [4.69, 9.17) is 5.11 Å². The number of nitrogens with one attached hydrogen (secondary N) is 1. The van der Waals surface area contributed by atoms with Crippen molar-refractivity contribution in [3.05, 3.63) is 29.8 Å². The predicted molar refractivity (Wildman–Crippen MR) is 50.7 cm³/mol. The summed E-state index contributed by atoms with van der Waals surface area (Å²) in [7, 11) is 3.61. The van der Waals surface area contributed by atoms with Crippen LogP contribution in [0.15, 0.2) is 24.3 Å². The number of benzene rings is 1. The van der Waals surface area contributed by atoms with Gasteiger partial charge in [-0.15, -0.1) is 0 Å². The summed E-state index contributed by atoms with van der Waals surface area (Å²) >= 11 is 0. The summed E-state index contributed by atoms with van der Waals surface area (Å²) in [5.74, 6) is -0.926. The molecule has 1 aromatic carbocycles. The Morgan fingerprint density at radius 3 is 2.54 bits per heavy atom. The Bertz CT molecular complexity index is 310. The maximum absolute atomic E-state index is 10.7. The molecule has 1 aromatic rings. The molecular weight excluding hydrogens is 168 g/mol. The zero-order chi connectivity index (χ0) is 9.84. The summed E-state index contributed by atoms with van der Waals surface area (Å²) < 4.78 is 0. The van der Waals surface area contributed by atoms with Crippen LogP contribution < -0.4 is 5.43 Å². The van der Waals surface area contributed by atoms with Crippen molar-refractivity contribution < 1.29 is 9.90 Å². The number of anilines is 1. The standard InChI is InChI=1S/C9H12N2O2/c1-11(2)10-8-6-4-3-5-7(8)9(12)13/h3-6,10H,1-2H3,(H,12,13). The summed E-state index contributed by atoms with van der Waals surface area (Å²) in [6, 6.07) is 6.78. The fraction of sp³-hybridized carbons (Fsp3) is 0.222. The summed E-state index contributed by atoms with van der Waals surface area (Å²) in [6.07, 6.45) is 0. The van der Waals surface area contributed by atoms with E-state index in [1.165, 1.54) is 0 Å². The molecular formula is C9H12N2O2. The number of rotatable bonds is 3. The quantitative estimate of drug-likeness (QED) is 0.688. The fourth-order valence-electron chi connectivity index (χ4n) is 1.01. The normalized spacial score (nSPS) is 10.1. The molecule has 0 heterocycles. The highest BCUT2D eigenvalue weighted by Crippen LogP contribution is 2.14. The van der Waals surface area contributed by atoms with Gasteiger partial charge < -0.3 is 10.5 Å². The summed E-state index contributed by atoms with van der Waals surface area (Å²) in [5, 5.41) is 10.5. The average Bonchev–Trinajstić information content (AvgIpc) is 2.03. The van der Waals surface area contributed by atoms with Crippen molar-refractivity contribution in [2.45, 2.75) is 0 Å². The first-order valence-corrected chi connectivity index (χ1v) is 3.87. The number of carboxylic acids is 1. The first kappa shape index (κ1) is 9.54. The fourth-order valence-corrected chi connectivity index (χ4v) is 1.01. The van der Waals surface area contributed by atoms with Gasteiger partial charge in [0.05, 0.1) is 11.3 Å². The molecule has 1 rings (SSSR count). The molecule has 4 heteroatoms. The summed E-state index contributed by atoms with van der Waals surface area (Å²) in [6.45, 7) is 0. The highest BCUT2D eigenvalue weighted by atomic mass is 16.4. The molecule has 0 bridgehead atoms. The van der Waals surface area contributed by atoms with Crippen LogP contribution in [0.1, 0.15) is 10.4 Å². The molecule has 0 aliphatic rings. The van der Waals surface area contributed by atoms with Crippen LogP contribution in [0.3, 0.4) is 0 Å². The van der Waals surface area contributed by atoms with Crippen LogP contribution in [0.5, 0.6) is 0 Å². The van der Waals surface area contributed by atoms with Gasteiger partial charge in [0.15, 0.2) is 0 Å². The lowest BCUT2D eigenvalue weighted by molar-refractivity contribution is 0.0697. The molecule has 0 atom stereocenters. The molecule has 4 nitrogen and oxygen atoms in total. The van der Waals surface area contributed by atoms with Crippen LogP contribution in [-0.4, -0.2) is 30.2 Å². The van der Waals surface area contributed by atoms with Crippen molar-refractivity contribution >= 4 is 11.7 Å². The maximum atomic E-state index is 10.7. The van der Waals surface area contributed by atoms with Crippen molar-refractivity contribution in [2.75, 3.05) is 19.5 Å². The lowest BCUT2D eigenvalue weighted by atomic mass is 10.2. The topological polar surface area (TPSA) is 52.6 Å². The molecule has 2 N–H and O–H groups in total. The smallest absolute Gasteiger partial charge is 0.337 e. The van der Waals surface area contributed by atoms with Crippen LogP contribution >= 0.6 is 0 Å². The molecule has 13 heavy (non-hydrogen) atoms. The first-order valence-electron chi connectivity index (χ1n) is 3.87. The van der Waals surface area contributed by atoms with Gasteiger partial charge in [0.25, 0.3) is 0 Å². The van der Waals surface area contributed by atoms with Gasteiger partial charge in [-0.1, -0.05) is 12.1 Å². The van der Waals surface area contributed by atoms with Gasteiger partial charge >= 0.3 is 5.97 Å². The molecule has 0 aliphatic heterocycles. The Kier molecular flexibility index (Phi) is 2.87. The lowest BCUT2D eigenvalue weighted by Gasteiger charge is -2.14. The van der Waals surface area contributed by atoms with E-state index in [2.05, 4.69) is 5.43 Å². The highest BCUT2D eigenvalue weighted by molar-refractivity contribution is 5.94. The number of nitrogens with zero attached hydrogens (tertiary/aromatic N) is 1. The summed E-state index contributed by atoms with van der Waals surface area (Å²) in [4.78, 5) is 10.7. The van der Waals surface area contributed by atoms with Crippen molar-refractivity contribution in [2.24, 2.45) is 0 Å². The van der Waals surface area contributed by atoms with Crippen molar-refractivity contribution in [1.82, 2.24) is 5.01 Å². The first-order chi connectivity index (χ1) is 6.11. The number of hydrogen-bond acceptors (Lipinski definition) is 3. The zero-order valence-electron chi connectivity index (χ0n) is 7.61. The van der Waals surface area contributed by atoms with Crippen molar-refractivity contribution in [1.29, 1.82) is 0 Å². The zero-order valence-corrected chi connectivity index (χ0v) is 7.61. The van der Waals surface area contributed by atoms with Crippen LogP contribution in [0.2, 0.25) is 0 Å². The van der Waals surface area contributed by atoms with Gasteiger partial charge in [-0.25, -0.2) is 9.80 Å². The second-order valence-corrected chi connectivity index (χ2v) is 2.86. The van der Waals surface area contributed by atoms with E-state index in [1.807, 2.05) is 0 Å². The third-order valence-electron chi connectivity index (χ3n) is 1.50. The Morgan fingerprint density at radius 1 is 1.38 bits per heavy atom. The Hall–Kier alpha value is -1.55. The number of para-hydroxylation sites is 1. The van der Waals surface area contributed by atoms with Gasteiger partial charge in [-0.3, -0.25) is 0 Å². The maximum Gasteiger partial charge on any atom is 0.337 e. The van der Waals surface area contributed by atoms with Gasteiger partial charge in [0.1, 0.15) is 0 Å². The third kappa shape index (κ3) is 2.45. The molecule has 0 saturated carbocycles. The van der Waals surface area contributed by atoms with Gasteiger partial charge in [-0.2, -0.15) is 0 Å². The summed E-state index contributed by atoms with van der Waals surface area (Å²) in [5.41, 5.74) is 3.78. The van der Waals surface area contributed by atoms with Crippen molar-refractivity contribution in [3.8, 4) is 0 Å². The minimum atomic E-state index is -0.926. The van der Waals surface area contributed by atoms with E-state index in [1.54, 1.807) is 43.4 Å². The molecule has 0 radical (unpaired) electrons. The largest absolute Gasteiger partial charge is 0.478 e.